The number of pyridine rings is 1. The molecule has 0 saturated carbocycles. The fourth-order valence-corrected chi connectivity index (χ4v) is 2.35. The van der Waals surface area contributed by atoms with Crippen molar-refractivity contribution in [2.75, 3.05) is 26.7 Å². The van der Waals surface area contributed by atoms with Crippen LogP contribution in [-0.4, -0.2) is 63.4 Å². The average Bonchev–Trinajstić information content (AvgIpc) is 3.10. The largest absolute Gasteiger partial charge is 0.342 e. The molecule has 0 N–H and O–H groups in total. The first-order chi connectivity index (χ1) is 12.0. The number of hydrogen-bond donors (Lipinski definition) is 0. The summed E-state index contributed by atoms with van der Waals surface area (Å²) in [6.07, 6.45) is 3.84. The maximum Gasteiger partial charge on any atom is 0.242 e. The smallest absolute Gasteiger partial charge is 0.242 e. The maximum atomic E-state index is 12.2. The number of aryl methyl sites for hydroxylation is 1. The summed E-state index contributed by atoms with van der Waals surface area (Å²) in [4.78, 5) is 35.6. The van der Waals surface area contributed by atoms with Crippen molar-refractivity contribution in [3.63, 3.8) is 0 Å². The minimum atomic E-state index is -0.135. The predicted octanol–water partition coefficient (Wildman–Crippen LogP) is 1.39. The van der Waals surface area contributed by atoms with E-state index >= 15 is 0 Å². The lowest BCUT2D eigenvalue weighted by Gasteiger charge is -2.23. The zero-order valence-corrected chi connectivity index (χ0v) is 14.8. The van der Waals surface area contributed by atoms with E-state index in [1.165, 1.54) is 4.90 Å². The number of rotatable bonds is 8. The number of carbonyl (C=O) groups excluding carboxylic acids is 2. The topological polar surface area (TPSA) is 92.4 Å². The summed E-state index contributed by atoms with van der Waals surface area (Å²) in [6, 6.07) is 3.57. The van der Waals surface area contributed by atoms with Gasteiger partial charge in [-0.1, -0.05) is 5.16 Å². The molecule has 0 aliphatic heterocycles. The number of carbonyl (C=O) groups is 2. The first-order valence-electron chi connectivity index (χ1n) is 8.29. The SMILES string of the molecule is CCN(CC)C(=O)CN(C)C(=O)CCc1nc(-c2ccncc2)no1. The van der Waals surface area contributed by atoms with Crippen molar-refractivity contribution in [3.8, 4) is 11.4 Å². The molecule has 0 atom stereocenters. The summed E-state index contributed by atoms with van der Waals surface area (Å²) >= 11 is 0. The lowest BCUT2D eigenvalue weighted by molar-refractivity contribution is -0.139. The number of hydrogen-bond acceptors (Lipinski definition) is 6. The van der Waals surface area contributed by atoms with Crippen LogP contribution in [0, 0.1) is 0 Å². The third-order valence-electron chi connectivity index (χ3n) is 3.87. The summed E-state index contributed by atoms with van der Waals surface area (Å²) in [7, 11) is 1.62. The fraction of sp³-hybridized carbons (Fsp3) is 0.471. The van der Waals surface area contributed by atoms with Crippen LogP contribution < -0.4 is 0 Å². The van der Waals surface area contributed by atoms with Gasteiger partial charge in [0.25, 0.3) is 0 Å². The van der Waals surface area contributed by atoms with E-state index in [2.05, 4.69) is 15.1 Å². The summed E-state index contributed by atoms with van der Waals surface area (Å²) in [5.74, 6) is 0.668. The van der Waals surface area contributed by atoms with Crippen molar-refractivity contribution in [1.82, 2.24) is 24.9 Å². The fourth-order valence-electron chi connectivity index (χ4n) is 2.35. The minimum Gasteiger partial charge on any atom is -0.342 e. The van der Waals surface area contributed by atoms with Crippen molar-refractivity contribution in [2.45, 2.75) is 26.7 Å². The number of aromatic nitrogens is 3. The molecule has 2 amide bonds. The quantitative estimate of drug-likeness (QED) is 0.718. The molecule has 134 valence electrons. The van der Waals surface area contributed by atoms with Crippen LogP contribution in [0.15, 0.2) is 29.0 Å². The van der Waals surface area contributed by atoms with E-state index in [4.69, 9.17) is 4.52 Å². The van der Waals surface area contributed by atoms with Crippen LogP contribution in [0.5, 0.6) is 0 Å². The Hall–Kier alpha value is -2.77. The first kappa shape index (κ1) is 18.6. The van der Waals surface area contributed by atoms with Crippen LogP contribution >= 0.6 is 0 Å². The molecule has 0 spiro atoms. The molecule has 2 aromatic rings. The van der Waals surface area contributed by atoms with Crippen LogP contribution in [0.4, 0.5) is 0 Å². The van der Waals surface area contributed by atoms with Gasteiger partial charge in [-0.15, -0.1) is 0 Å². The Morgan fingerprint density at radius 3 is 2.44 bits per heavy atom. The van der Waals surface area contributed by atoms with Gasteiger partial charge in [-0.05, 0) is 26.0 Å². The Kier molecular flexibility index (Phi) is 6.62. The number of likely N-dealkylation sites (N-methyl/N-ethyl adjacent to an activating group) is 2. The monoisotopic (exact) mass is 345 g/mol. The summed E-state index contributed by atoms with van der Waals surface area (Å²) in [6.45, 7) is 5.18. The van der Waals surface area contributed by atoms with E-state index in [0.29, 0.717) is 31.2 Å². The van der Waals surface area contributed by atoms with E-state index in [1.54, 1.807) is 36.5 Å². The predicted molar refractivity (Wildman–Crippen MR) is 91.4 cm³/mol. The molecule has 2 heterocycles. The zero-order chi connectivity index (χ0) is 18.2. The summed E-state index contributed by atoms with van der Waals surface area (Å²) in [5.41, 5.74) is 0.804. The van der Waals surface area contributed by atoms with Gasteiger partial charge in [-0.3, -0.25) is 14.6 Å². The molecule has 8 nitrogen and oxygen atoms in total. The molecular weight excluding hydrogens is 322 g/mol. The Labute approximate surface area is 146 Å². The molecule has 0 fully saturated rings. The molecule has 25 heavy (non-hydrogen) atoms. The van der Waals surface area contributed by atoms with Crippen LogP contribution in [0.2, 0.25) is 0 Å². The molecule has 2 rings (SSSR count). The Morgan fingerprint density at radius 2 is 1.80 bits per heavy atom. The van der Waals surface area contributed by atoms with Crippen LogP contribution in [0.3, 0.4) is 0 Å². The molecular formula is C17H23N5O3. The third kappa shape index (κ3) is 5.10. The highest BCUT2D eigenvalue weighted by atomic mass is 16.5. The Morgan fingerprint density at radius 1 is 1.12 bits per heavy atom. The van der Waals surface area contributed by atoms with Gasteiger partial charge < -0.3 is 14.3 Å². The Bertz CT molecular complexity index is 697. The molecule has 2 aromatic heterocycles. The second-order valence-corrected chi connectivity index (χ2v) is 5.56. The van der Waals surface area contributed by atoms with Crippen molar-refractivity contribution in [1.29, 1.82) is 0 Å². The standard InChI is InChI=1S/C17H23N5O3/c1-4-22(5-2)16(24)12-21(3)15(23)7-6-14-19-17(20-25-14)13-8-10-18-11-9-13/h8-11H,4-7,12H2,1-3H3. The highest BCUT2D eigenvalue weighted by Gasteiger charge is 2.17. The molecule has 0 aromatic carbocycles. The molecule has 0 unspecified atom stereocenters. The molecule has 0 radical (unpaired) electrons. The molecule has 0 saturated heterocycles. The van der Waals surface area contributed by atoms with Gasteiger partial charge in [0.15, 0.2) is 0 Å². The maximum absolute atomic E-state index is 12.2. The van der Waals surface area contributed by atoms with Gasteiger partial charge >= 0.3 is 0 Å². The van der Waals surface area contributed by atoms with E-state index in [1.807, 2.05) is 13.8 Å². The van der Waals surface area contributed by atoms with Gasteiger partial charge in [0, 0.05) is 50.9 Å². The van der Waals surface area contributed by atoms with Gasteiger partial charge in [-0.25, -0.2) is 0 Å². The number of amides is 2. The van der Waals surface area contributed by atoms with Gasteiger partial charge in [-0.2, -0.15) is 4.98 Å². The second kappa shape index (κ2) is 8.91. The van der Waals surface area contributed by atoms with Gasteiger partial charge in [0.05, 0.1) is 6.54 Å². The normalized spacial score (nSPS) is 10.5. The van der Waals surface area contributed by atoms with Crippen molar-refractivity contribution in [3.05, 3.63) is 30.4 Å². The van der Waals surface area contributed by atoms with Crippen LogP contribution in [-0.2, 0) is 16.0 Å². The highest BCUT2D eigenvalue weighted by molar-refractivity contribution is 5.84. The first-order valence-corrected chi connectivity index (χ1v) is 8.29. The lowest BCUT2D eigenvalue weighted by Crippen LogP contribution is -2.41. The average molecular weight is 345 g/mol. The number of nitrogens with zero attached hydrogens (tertiary/aromatic N) is 5. The minimum absolute atomic E-state index is 0.0568. The van der Waals surface area contributed by atoms with E-state index in [9.17, 15) is 9.59 Å². The summed E-state index contributed by atoms with van der Waals surface area (Å²) < 4.78 is 5.18. The third-order valence-corrected chi connectivity index (χ3v) is 3.87. The van der Waals surface area contributed by atoms with Gasteiger partial charge in [0.1, 0.15) is 0 Å². The van der Waals surface area contributed by atoms with Gasteiger partial charge in [0.2, 0.25) is 23.5 Å². The summed E-state index contributed by atoms with van der Waals surface area (Å²) in [5, 5.41) is 3.90. The molecule has 0 aliphatic rings. The lowest BCUT2D eigenvalue weighted by atomic mass is 10.2. The molecule has 0 bridgehead atoms. The van der Waals surface area contributed by atoms with Crippen molar-refractivity contribution < 1.29 is 14.1 Å². The van der Waals surface area contributed by atoms with E-state index < -0.39 is 0 Å². The van der Waals surface area contributed by atoms with E-state index in [0.717, 1.165) is 5.56 Å². The van der Waals surface area contributed by atoms with E-state index in [-0.39, 0.29) is 24.8 Å². The van der Waals surface area contributed by atoms with Crippen LogP contribution in [0.1, 0.15) is 26.2 Å². The molecule has 8 heteroatoms. The van der Waals surface area contributed by atoms with Crippen molar-refractivity contribution in [2.24, 2.45) is 0 Å². The second-order valence-electron chi connectivity index (χ2n) is 5.56. The highest BCUT2D eigenvalue weighted by Crippen LogP contribution is 2.14. The molecule has 0 aliphatic carbocycles. The van der Waals surface area contributed by atoms with Crippen molar-refractivity contribution >= 4 is 11.8 Å². The van der Waals surface area contributed by atoms with Crippen LogP contribution in [0.25, 0.3) is 11.4 Å². The zero-order valence-electron chi connectivity index (χ0n) is 14.8. The Balaban J connectivity index is 1.85.